The highest BCUT2D eigenvalue weighted by atomic mass is 16.5. The largest absolute Gasteiger partial charge is 0.484 e. The molecule has 132 valence electrons. The molecule has 0 aliphatic carbocycles. The number of carbonyl (C=O) groups is 2. The molecule has 0 heterocycles. The lowest BCUT2D eigenvalue weighted by Gasteiger charge is -2.09. The third kappa shape index (κ3) is 5.93. The van der Waals surface area contributed by atoms with Crippen molar-refractivity contribution in [2.24, 2.45) is 0 Å². The molecule has 0 atom stereocenters. The Kier molecular flexibility index (Phi) is 6.98. The van der Waals surface area contributed by atoms with Gasteiger partial charge in [-0.2, -0.15) is 0 Å². The Labute approximate surface area is 147 Å². The molecule has 0 fully saturated rings. The van der Waals surface area contributed by atoms with E-state index in [9.17, 15) is 9.59 Å². The van der Waals surface area contributed by atoms with Crippen molar-refractivity contribution in [3.8, 4) is 5.75 Å². The minimum absolute atomic E-state index is 0.182. The van der Waals surface area contributed by atoms with E-state index in [0.717, 1.165) is 12.0 Å². The molecule has 0 spiro atoms. The lowest BCUT2D eigenvalue weighted by atomic mass is 10.1. The molecule has 0 aliphatic rings. The van der Waals surface area contributed by atoms with E-state index in [1.165, 1.54) is 5.56 Å². The number of ether oxygens (including phenoxy) is 2. The van der Waals surface area contributed by atoms with Gasteiger partial charge in [-0.05, 0) is 41.8 Å². The number of amides is 2. The molecule has 0 aromatic heterocycles. The molecule has 0 bridgehead atoms. The van der Waals surface area contributed by atoms with Gasteiger partial charge in [-0.3, -0.25) is 20.4 Å². The van der Waals surface area contributed by atoms with Gasteiger partial charge in [0.05, 0.1) is 6.61 Å². The van der Waals surface area contributed by atoms with Crippen LogP contribution in [0.4, 0.5) is 0 Å². The molecule has 2 N–H and O–H groups in total. The fourth-order valence-corrected chi connectivity index (χ4v) is 2.12. The molecule has 0 radical (unpaired) electrons. The van der Waals surface area contributed by atoms with Crippen LogP contribution in [0, 0.1) is 0 Å². The third-order valence-electron chi connectivity index (χ3n) is 3.54. The number of methoxy groups -OCH3 is 1. The van der Waals surface area contributed by atoms with Crippen molar-refractivity contribution in [3.05, 3.63) is 65.2 Å². The van der Waals surface area contributed by atoms with Crippen LogP contribution in [-0.2, 0) is 22.6 Å². The fourth-order valence-electron chi connectivity index (χ4n) is 2.12. The highest BCUT2D eigenvalue weighted by Crippen LogP contribution is 2.12. The number of rotatable bonds is 7. The first-order valence-electron chi connectivity index (χ1n) is 8.01. The maximum absolute atomic E-state index is 12.0. The third-order valence-corrected chi connectivity index (χ3v) is 3.54. The SMILES string of the molecule is CCc1ccc(OCC(=O)NNC(=O)c2ccc(COC)cc2)cc1. The number of nitrogens with one attached hydrogen (secondary N) is 2. The first-order valence-corrected chi connectivity index (χ1v) is 8.01. The summed E-state index contributed by atoms with van der Waals surface area (Å²) in [5.41, 5.74) is 7.28. The van der Waals surface area contributed by atoms with Gasteiger partial charge in [0.25, 0.3) is 11.8 Å². The zero-order valence-corrected chi connectivity index (χ0v) is 14.4. The molecule has 25 heavy (non-hydrogen) atoms. The molecule has 2 amide bonds. The summed E-state index contributed by atoms with van der Waals surface area (Å²) in [5, 5.41) is 0. The van der Waals surface area contributed by atoms with Gasteiger partial charge in [0, 0.05) is 12.7 Å². The number of carbonyl (C=O) groups excluding carboxylic acids is 2. The maximum Gasteiger partial charge on any atom is 0.276 e. The Morgan fingerprint density at radius 1 is 0.920 bits per heavy atom. The Bertz CT molecular complexity index is 696. The molecule has 0 saturated heterocycles. The number of hydrogen-bond acceptors (Lipinski definition) is 4. The fraction of sp³-hybridized carbons (Fsp3) is 0.263. The molecule has 6 heteroatoms. The van der Waals surface area contributed by atoms with Gasteiger partial charge in [0.2, 0.25) is 0 Å². The van der Waals surface area contributed by atoms with Gasteiger partial charge in [0.15, 0.2) is 6.61 Å². The van der Waals surface area contributed by atoms with Gasteiger partial charge in [-0.25, -0.2) is 0 Å². The Balaban J connectivity index is 1.75. The lowest BCUT2D eigenvalue weighted by molar-refractivity contribution is -0.123. The molecule has 0 saturated carbocycles. The molecule has 2 rings (SSSR count). The summed E-state index contributed by atoms with van der Waals surface area (Å²) in [6, 6.07) is 14.4. The monoisotopic (exact) mass is 342 g/mol. The van der Waals surface area contributed by atoms with E-state index in [1.807, 2.05) is 24.3 Å². The first kappa shape index (κ1) is 18.5. The highest BCUT2D eigenvalue weighted by molar-refractivity contribution is 5.95. The number of benzene rings is 2. The topological polar surface area (TPSA) is 76.7 Å². The van der Waals surface area contributed by atoms with Gasteiger partial charge in [-0.15, -0.1) is 0 Å². The molecular formula is C19H22N2O4. The molecular weight excluding hydrogens is 320 g/mol. The standard InChI is InChI=1S/C19H22N2O4/c1-3-14-6-10-17(11-7-14)25-13-18(22)20-21-19(23)16-8-4-15(5-9-16)12-24-2/h4-11H,3,12-13H2,1-2H3,(H,20,22)(H,21,23). The second-order valence-corrected chi connectivity index (χ2v) is 5.42. The Morgan fingerprint density at radius 3 is 2.16 bits per heavy atom. The minimum atomic E-state index is -0.441. The molecule has 2 aromatic carbocycles. The highest BCUT2D eigenvalue weighted by Gasteiger charge is 2.08. The van der Waals surface area contributed by atoms with Crippen LogP contribution in [-0.4, -0.2) is 25.5 Å². The predicted molar refractivity (Wildman–Crippen MR) is 94.1 cm³/mol. The zero-order chi connectivity index (χ0) is 18.1. The summed E-state index contributed by atoms with van der Waals surface area (Å²) in [4.78, 5) is 23.7. The van der Waals surface area contributed by atoms with Crippen molar-refractivity contribution in [1.29, 1.82) is 0 Å². The van der Waals surface area contributed by atoms with Crippen molar-refractivity contribution in [3.63, 3.8) is 0 Å². The van der Waals surface area contributed by atoms with E-state index < -0.39 is 11.8 Å². The van der Waals surface area contributed by atoms with Gasteiger partial charge in [-0.1, -0.05) is 31.2 Å². The number of aryl methyl sites for hydroxylation is 1. The van der Waals surface area contributed by atoms with Crippen molar-refractivity contribution in [2.75, 3.05) is 13.7 Å². The van der Waals surface area contributed by atoms with Gasteiger partial charge >= 0.3 is 0 Å². The van der Waals surface area contributed by atoms with Crippen LogP contribution in [0.2, 0.25) is 0 Å². The van der Waals surface area contributed by atoms with E-state index >= 15 is 0 Å². The van der Waals surface area contributed by atoms with E-state index in [2.05, 4.69) is 17.8 Å². The zero-order valence-electron chi connectivity index (χ0n) is 14.4. The Morgan fingerprint density at radius 2 is 1.56 bits per heavy atom. The van der Waals surface area contributed by atoms with Crippen molar-refractivity contribution >= 4 is 11.8 Å². The van der Waals surface area contributed by atoms with E-state index in [-0.39, 0.29) is 6.61 Å². The van der Waals surface area contributed by atoms with Crippen LogP contribution in [0.1, 0.15) is 28.4 Å². The van der Waals surface area contributed by atoms with Crippen LogP contribution in [0.3, 0.4) is 0 Å². The summed E-state index contributed by atoms with van der Waals surface area (Å²) < 4.78 is 10.4. The van der Waals surface area contributed by atoms with Crippen molar-refractivity contribution < 1.29 is 19.1 Å². The second kappa shape index (κ2) is 9.44. The Hall–Kier alpha value is -2.86. The number of hydrogen-bond donors (Lipinski definition) is 2. The number of hydrazine groups is 1. The summed E-state index contributed by atoms with van der Waals surface area (Å²) in [7, 11) is 1.61. The normalized spacial score (nSPS) is 10.2. The van der Waals surface area contributed by atoms with Crippen molar-refractivity contribution in [1.82, 2.24) is 10.9 Å². The van der Waals surface area contributed by atoms with E-state index in [1.54, 1.807) is 31.4 Å². The van der Waals surface area contributed by atoms with Crippen LogP contribution in [0.15, 0.2) is 48.5 Å². The summed E-state index contributed by atoms with van der Waals surface area (Å²) in [6.07, 6.45) is 0.944. The van der Waals surface area contributed by atoms with Crippen LogP contribution >= 0.6 is 0 Å². The first-order chi connectivity index (χ1) is 12.1. The predicted octanol–water partition coefficient (Wildman–Crippen LogP) is 2.24. The van der Waals surface area contributed by atoms with Crippen LogP contribution in [0.5, 0.6) is 5.75 Å². The van der Waals surface area contributed by atoms with E-state index in [4.69, 9.17) is 9.47 Å². The summed E-state index contributed by atoms with van der Waals surface area (Å²) in [5.74, 6) is -0.235. The van der Waals surface area contributed by atoms with Crippen molar-refractivity contribution in [2.45, 2.75) is 20.0 Å². The molecule has 2 aromatic rings. The van der Waals surface area contributed by atoms with E-state index in [0.29, 0.717) is 17.9 Å². The summed E-state index contributed by atoms with van der Waals surface area (Å²) in [6.45, 7) is 2.37. The van der Waals surface area contributed by atoms with Gasteiger partial charge < -0.3 is 9.47 Å². The maximum atomic E-state index is 12.0. The quantitative estimate of drug-likeness (QED) is 0.757. The minimum Gasteiger partial charge on any atom is -0.484 e. The lowest BCUT2D eigenvalue weighted by Crippen LogP contribution is -2.43. The molecule has 6 nitrogen and oxygen atoms in total. The molecule has 0 aliphatic heterocycles. The summed E-state index contributed by atoms with van der Waals surface area (Å²) >= 11 is 0. The van der Waals surface area contributed by atoms with Crippen LogP contribution < -0.4 is 15.6 Å². The smallest absolute Gasteiger partial charge is 0.276 e. The average molecular weight is 342 g/mol. The molecule has 0 unspecified atom stereocenters. The average Bonchev–Trinajstić information content (AvgIpc) is 2.65. The second-order valence-electron chi connectivity index (χ2n) is 5.42. The van der Waals surface area contributed by atoms with Gasteiger partial charge in [0.1, 0.15) is 5.75 Å². The van der Waals surface area contributed by atoms with Crippen LogP contribution in [0.25, 0.3) is 0 Å².